The molecule has 272 valence electrons. The largest absolute Gasteiger partial charge is 0.480 e. The van der Waals surface area contributed by atoms with E-state index in [9.17, 15) is 19.0 Å². The second-order valence-corrected chi connectivity index (χ2v) is 13.1. The van der Waals surface area contributed by atoms with Crippen molar-refractivity contribution >= 4 is 19.8 Å². The molecule has 10 nitrogen and oxygen atoms in total. The van der Waals surface area contributed by atoms with E-state index in [1.807, 2.05) is 0 Å². The zero-order valence-electron chi connectivity index (χ0n) is 29.1. The molecule has 0 fully saturated rings. The van der Waals surface area contributed by atoms with Crippen LogP contribution in [0.2, 0.25) is 0 Å². The van der Waals surface area contributed by atoms with Crippen molar-refractivity contribution in [2.24, 2.45) is 5.73 Å². The molecule has 0 aliphatic heterocycles. The Hall–Kier alpha value is -2.07. The van der Waals surface area contributed by atoms with E-state index in [4.69, 9.17) is 24.8 Å². The zero-order chi connectivity index (χ0) is 34.9. The fourth-order valence-corrected chi connectivity index (χ4v) is 5.13. The van der Waals surface area contributed by atoms with Gasteiger partial charge in [-0.3, -0.25) is 18.6 Å². The highest BCUT2D eigenvalue weighted by molar-refractivity contribution is 7.47. The third-order valence-electron chi connectivity index (χ3n) is 7.12. The molecule has 0 rings (SSSR count). The minimum absolute atomic E-state index is 0.00570. The number of aliphatic carboxylic acids is 1. The summed E-state index contributed by atoms with van der Waals surface area (Å²) in [6.07, 6.45) is 34.6. The quantitative estimate of drug-likeness (QED) is 0.0264. The predicted molar refractivity (Wildman–Crippen MR) is 189 cm³/mol. The number of ether oxygens (including phenoxy) is 2. The van der Waals surface area contributed by atoms with Gasteiger partial charge in [-0.1, -0.05) is 120 Å². The van der Waals surface area contributed by atoms with E-state index in [1.165, 1.54) is 32.1 Å². The van der Waals surface area contributed by atoms with Crippen molar-refractivity contribution in [2.45, 2.75) is 142 Å². The molecule has 0 bridgehead atoms. The number of phosphoric acid groups is 1. The zero-order valence-corrected chi connectivity index (χ0v) is 30.0. The van der Waals surface area contributed by atoms with Gasteiger partial charge in [-0.05, 0) is 51.4 Å². The Morgan fingerprint density at radius 3 is 1.85 bits per heavy atom. The first-order valence-corrected chi connectivity index (χ1v) is 19.2. The van der Waals surface area contributed by atoms with Crippen LogP contribution in [0.15, 0.2) is 48.6 Å². The molecule has 0 saturated carbocycles. The molecule has 47 heavy (non-hydrogen) atoms. The Balaban J connectivity index is 4.35. The lowest BCUT2D eigenvalue weighted by molar-refractivity contribution is -0.154. The van der Waals surface area contributed by atoms with Crippen LogP contribution in [0.3, 0.4) is 0 Å². The topological polar surface area (TPSA) is 155 Å². The van der Waals surface area contributed by atoms with E-state index in [0.29, 0.717) is 13.0 Å². The second-order valence-electron chi connectivity index (χ2n) is 11.6. The van der Waals surface area contributed by atoms with Gasteiger partial charge in [-0.15, -0.1) is 0 Å². The van der Waals surface area contributed by atoms with E-state index < -0.39 is 45.1 Å². The van der Waals surface area contributed by atoms with Crippen LogP contribution in [0.5, 0.6) is 0 Å². The van der Waals surface area contributed by atoms with Crippen molar-refractivity contribution in [3.8, 4) is 0 Å². The SMILES string of the molecule is CC/C=C\C/C=C\C/C=C\C/C=C\CCCCCCC(=O)OC(COCCCCCCCCCC)COP(=O)(O)OCC(N)C(=O)O. The summed E-state index contributed by atoms with van der Waals surface area (Å²) in [5, 5.41) is 8.83. The summed E-state index contributed by atoms with van der Waals surface area (Å²) in [5.41, 5.74) is 5.32. The first-order chi connectivity index (χ1) is 22.7. The van der Waals surface area contributed by atoms with Crippen molar-refractivity contribution < 1.29 is 42.7 Å². The fourth-order valence-electron chi connectivity index (χ4n) is 4.36. The monoisotopic (exact) mass is 685 g/mol. The van der Waals surface area contributed by atoms with E-state index >= 15 is 0 Å². The Labute approximate surface area is 284 Å². The average Bonchev–Trinajstić information content (AvgIpc) is 3.04. The lowest BCUT2D eigenvalue weighted by Crippen LogP contribution is -2.34. The van der Waals surface area contributed by atoms with Crippen molar-refractivity contribution in [2.75, 3.05) is 26.4 Å². The van der Waals surface area contributed by atoms with Gasteiger partial charge >= 0.3 is 19.8 Å². The van der Waals surface area contributed by atoms with Gasteiger partial charge in [-0.25, -0.2) is 4.57 Å². The summed E-state index contributed by atoms with van der Waals surface area (Å²) >= 11 is 0. The van der Waals surface area contributed by atoms with Crippen LogP contribution >= 0.6 is 7.82 Å². The molecular formula is C36H64NO9P. The van der Waals surface area contributed by atoms with Gasteiger partial charge in [0.2, 0.25) is 0 Å². The Kier molecular flexibility index (Phi) is 31.0. The maximum atomic E-state index is 12.5. The summed E-state index contributed by atoms with van der Waals surface area (Å²) < 4.78 is 33.0. The van der Waals surface area contributed by atoms with E-state index in [0.717, 1.165) is 70.6 Å². The molecule has 0 aromatic heterocycles. The third kappa shape index (κ3) is 32.3. The van der Waals surface area contributed by atoms with E-state index in [2.05, 4.69) is 67.0 Å². The molecule has 11 heteroatoms. The van der Waals surface area contributed by atoms with E-state index in [1.54, 1.807) is 0 Å². The molecule has 0 aromatic carbocycles. The summed E-state index contributed by atoms with van der Waals surface area (Å²) in [6, 6.07) is -1.48. The first kappa shape index (κ1) is 44.9. The molecule has 0 aliphatic rings. The van der Waals surface area contributed by atoms with Gasteiger partial charge in [0.15, 0.2) is 0 Å². The van der Waals surface area contributed by atoms with Crippen LogP contribution in [-0.4, -0.2) is 60.5 Å². The molecule has 3 unspecified atom stereocenters. The summed E-state index contributed by atoms with van der Waals surface area (Å²) in [4.78, 5) is 33.3. The molecular weight excluding hydrogens is 621 g/mol. The standard InChI is InChI=1S/C36H64NO9P/c1-3-5-7-9-11-13-14-15-16-17-18-19-20-21-22-24-26-28-35(38)46-33(30-43-29-27-25-23-12-10-8-6-4-2)31-44-47(41,42)45-32-34(37)36(39)40/h5,7,11,13,15-16,18-19,33-34H,3-4,6,8-10,12,14,17,20-32,37H2,1-2H3,(H,39,40)(H,41,42)/b7-5-,13-11-,16-15-,19-18-. The van der Waals surface area contributed by atoms with Crippen LogP contribution in [0.1, 0.15) is 129 Å². The number of esters is 1. The number of unbranched alkanes of at least 4 members (excludes halogenated alkanes) is 11. The lowest BCUT2D eigenvalue weighted by Gasteiger charge is -2.20. The van der Waals surface area contributed by atoms with Crippen molar-refractivity contribution in [3.05, 3.63) is 48.6 Å². The van der Waals surface area contributed by atoms with Crippen LogP contribution in [0.4, 0.5) is 0 Å². The predicted octanol–water partition coefficient (Wildman–Crippen LogP) is 8.75. The van der Waals surface area contributed by atoms with Crippen molar-refractivity contribution in [3.63, 3.8) is 0 Å². The lowest BCUT2D eigenvalue weighted by atomic mass is 10.1. The van der Waals surface area contributed by atoms with Crippen LogP contribution in [-0.2, 0) is 32.7 Å². The van der Waals surface area contributed by atoms with Crippen LogP contribution in [0, 0.1) is 0 Å². The second kappa shape index (κ2) is 32.5. The van der Waals surface area contributed by atoms with Gasteiger partial charge in [0.25, 0.3) is 0 Å². The number of allylic oxidation sites excluding steroid dienone is 8. The van der Waals surface area contributed by atoms with Crippen molar-refractivity contribution in [1.29, 1.82) is 0 Å². The minimum atomic E-state index is -4.61. The van der Waals surface area contributed by atoms with E-state index in [-0.39, 0.29) is 13.0 Å². The molecule has 0 heterocycles. The number of nitrogens with two attached hydrogens (primary N) is 1. The summed E-state index contributed by atoms with van der Waals surface area (Å²) in [5.74, 6) is -1.81. The number of carbonyl (C=O) groups excluding carboxylic acids is 1. The van der Waals surface area contributed by atoms with Gasteiger partial charge in [0, 0.05) is 13.0 Å². The van der Waals surface area contributed by atoms with Crippen LogP contribution in [0.25, 0.3) is 0 Å². The molecule has 3 atom stereocenters. The fraction of sp³-hybridized carbons (Fsp3) is 0.722. The Bertz CT molecular complexity index is 935. The highest BCUT2D eigenvalue weighted by Gasteiger charge is 2.27. The van der Waals surface area contributed by atoms with Gasteiger partial charge in [-0.2, -0.15) is 0 Å². The highest BCUT2D eigenvalue weighted by atomic mass is 31.2. The maximum absolute atomic E-state index is 12.5. The minimum Gasteiger partial charge on any atom is -0.480 e. The molecule has 0 radical (unpaired) electrons. The van der Waals surface area contributed by atoms with Gasteiger partial charge in [0.1, 0.15) is 12.1 Å². The molecule has 0 aromatic rings. The van der Waals surface area contributed by atoms with Crippen molar-refractivity contribution in [1.82, 2.24) is 0 Å². The maximum Gasteiger partial charge on any atom is 0.472 e. The van der Waals surface area contributed by atoms with Crippen LogP contribution < -0.4 is 5.73 Å². The van der Waals surface area contributed by atoms with Gasteiger partial charge < -0.3 is 25.2 Å². The number of hydrogen-bond donors (Lipinski definition) is 3. The normalized spacial score (nSPS) is 14.8. The number of phosphoric ester groups is 1. The number of hydrogen-bond acceptors (Lipinski definition) is 8. The molecule has 4 N–H and O–H groups in total. The summed E-state index contributed by atoms with van der Waals surface area (Å²) in [7, 11) is -4.61. The first-order valence-electron chi connectivity index (χ1n) is 17.7. The van der Waals surface area contributed by atoms with Gasteiger partial charge in [0.05, 0.1) is 19.8 Å². The molecule has 0 spiro atoms. The summed E-state index contributed by atoms with van der Waals surface area (Å²) in [6.45, 7) is 3.67. The highest BCUT2D eigenvalue weighted by Crippen LogP contribution is 2.43. The number of carbonyl (C=O) groups is 2. The smallest absolute Gasteiger partial charge is 0.472 e. The molecule has 0 aliphatic carbocycles. The molecule has 0 saturated heterocycles. The average molecular weight is 686 g/mol. The Morgan fingerprint density at radius 1 is 0.702 bits per heavy atom. The number of carboxylic acid groups (broad SMARTS) is 1. The number of rotatable bonds is 33. The Morgan fingerprint density at radius 2 is 1.23 bits per heavy atom. The number of carboxylic acids is 1. The third-order valence-corrected chi connectivity index (χ3v) is 8.07. The molecule has 0 amide bonds.